The molecule has 2 aliphatic heterocycles. The van der Waals surface area contributed by atoms with Crippen molar-refractivity contribution in [2.45, 2.75) is 52.0 Å². The molecule has 142 valence electrons. The Morgan fingerprint density at radius 3 is 2.81 bits per heavy atom. The lowest BCUT2D eigenvalue weighted by Gasteiger charge is -2.44. The summed E-state index contributed by atoms with van der Waals surface area (Å²) in [5, 5.41) is 0. The first kappa shape index (κ1) is 18.7. The lowest BCUT2D eigenvalue weighted by Crippen LogP contribution is -2.51. The van der Waals surface area contributed by atoms with Crippen molar-refractivity contribution in [3.8, 4) is 5.75 Å². The highest BCUT2D eigenvalue weighted by Gasteiger charge is 2.40. The number of rotatable bonds is 5. The molecule has 1 aromatic carbocycles. The highest BCUT2D eigenvalue weighted by Crippen LogP contribution is 2.41. The molecule has 0 radical (unpaired) electrons. The maximum Gasteiger partial charge on any atom is 0.224 e. The van der Waals surface area contributed by atoms with E-state index in [1.54, 1.807) is 0 Å². The summed E-state index contributed by atoms with van der Waals surface area (Å²) < 4.78 is 5.97. The van der Waals surface area contributed by atoms with Crippen molar-refractivity contribution in [1.29, 1.82) is 0 Å². The minimum Gasteiger partial charge on any atom is -0.493 e. The average Bonchev–Trinajstić information content (AvgIpc) is 2.65. The second-order valence-corrected chi connectivity index (χ2v) is 7.28. The van der Waals surface area contributed by atoms with Gasteiger partial charge in [0.15, 0.2) is 0 Å². The highest BCUT2D eigenvalue weighted by molar-refractivity contribution is 5.80. The number of nitrogens with zero attached hydrogens (tertiary/aromatic N) is 2. The third-order valence-corrected chi connectivity index (χ3v) is 5.54. The van der Waals surface area contributed by atoms with Gasteiger partial charge in [0.05, 0.1) is 12.6 Å². The van der Waals surface area contributed by atoms with Gasteiger partial charge in [0, 0.05) is 44.0 Å². The Kier molecular flexibility index (Phi) is 6.17. The Morgan fingerprint density at radius 1 is 1.23 bits per heavy atom. The molecule has 5 heteroatoms. The summed E-state index contributed by atoms with van der Waals surface area (Å²) in [5.74, 6) is 1.29. The van der Waals surface area contributed by atoms with Crippen molar-refractivity contribution in [2.75, 3.05) is 26.2 Å². The number of benzene rings is 1. The van der Waals surface area contributed by atoms with Gasteiger partial charge >= 0.3 is 0 Å². The number of carbonyl (C=O) groups is 2. The lowest BCUT2D eigenvalue weighted by molar-refractivity contribution is -0.142. The van der Waals surface area contributed by atoms with Gasteiger partial charge in [0.25, 0.3) is 0 Å². The summed E-state index contributed by atoms with van der Waals surface area (Å²) in [7, 11) is 0. The van der Waals surface area contributed by atoms with Gasteiger partial charge in [-0.05, 0) is 19.4 Å². The summed E-state index contributed by atoms with van der Waals surface area (Å²) in [4.78, 5) is 29.4. The van der Waals surface area contributed by atoms with Crippen molar-refractivity contribution >= 4 is 11.8 Å². The highest BCUT2D eigenvalue weighted by atomic mass is 16.5. The molecule has 1 aromatic rings. The summed E-state index contributed by atoms with van der Waals surface area (Å²) >= 11 is 0. The predicted octanol–water partition coefficient (Wildman–Crippen LogP) is 3.40. The molecule has 3 rings (SSSR count). The van der Waals surface area contributed by atoms with Crippen LogP contribution in [-0.2, 0) is 9.59 Å². The first-order valence-corrected chi connectivity index (χ1v) is 9.94. The van der Waals surface area contributed by atoms with Gasteiger partial charge in [-0.15, -0.1) is 0 Å². The molecule has 0 spiro atoms. The van der Waals surface area contributed by atoms with Crippen LogP contribution in [0.3, 0.4) is 0 Å². The van der Waals surface area contributed by atoms with Crippen LogP contribution in [0.5, 0.6) is 5.75 Å². The van der Waals surface area contributed by atoms with Crippen LogP contribution in [0.2, 0.25) is 0 Å². The number of hydrogen-bond acceptors (Lipinski definition) is 3. The summed E-state index contributed by atoms with van der Waals surface area (Å²) in [6, 6.07) is 8.02. The van der Waals surface area contributed by atoms with Gasteiger partial charge in [-0.2, -0.15) is 0 Å². The molecule has 0 N–H and O–H groups in total. The Morgan fingerprint density at radius 2 is 2.04 bits per heavy atom. The van der Waals surface area contributed by atoms with Crippen molar-refractivity contribution in [2.24, 2.45) is 5.92 Å². The quantitative estimate of drug-likeness (QED) is 0.758. The van der Waals surface area contributed by atoms with E-state index in [1.807, 2.05) is 34.9 Å². The van der Waals surface area contributed by atoms with Gasteiger partial charge < -0.3 is 14.5 Å². The number of carbonyl (C=O) groups excluding carboxylic acids is 2. The maximum atomic E-state index is 13.0. The minimum atomic E-state index is -0.00349. The van der Waals surface area contributed by atoms with Crippen molar-refractivity contribution < 1.29 is 14.3 Å². The van der Waals surface area contributed by atoms with E-state index in [9.17, 15) is 9.59 Å². The molecule has 5 nitrogen and oxygen atoms in total. The molecule has 0 bridgehead atoms. The van der Waals surface area contributed by atoms with Crippen LogP contribution < -0.4 is 4.74 Å². The fourth-order valence-electron chi connectivity index (χ4n) is 4.13. The van der Waals surface area contributed by atoms with Crippen molar-refractivity contribution in [3.63, 3.8) is 0 Å². The molecule has 1 saturated heterocycles. The molecule has 1 fully saturated rings. The second kappa shape index (κ2) is 8.56. The predicted molar refractivity (Wildman–Crippen MR) is 101 cm³/mol. The molecule has 26 heavy (non-hydrogen) atoms. The fraction of sp³-hybridized carbons (Fsp3) is 0.619. The van der Waals surface area contributed by atoms with Crippen LogP contribution in [0.15, 0.2) is 24.3 Å². The molecule has 0 unspecified atom stereocenters. The Hall–Kier alpha value is -2.04. The first-order valence-electron chi connectivity index (χ1n) is 9.94. The molecular weight excluding hydrogens is 328 g/mol. The van der Waals surface area contributed by atoms with E-state index in [4.69, 9.17) is 4.74 Å². The molecule has 0 saturated carbocycles. The van der Waals surface area contributed by atoms with Gasteiger partial charge in [0.2, 0.25) is 11.8 Å². The number of unbranched alkanes of at least 4 members (excludes halogenated alkanes) is 2. The summed E-state index contributed by atoms with van der Waals surface area (Å²) in [5.41, 5.74) is 1.08. The molecule has 2 heterocycles. The van der Waals surface area contributed by atoms with E-state index in [0.717, 1.165) is 30.6 Å². The number of ether oxygens (including phenoxy) is 1. The van der Waals surface area contributed by atoms with Crippen LogP contribution in [0.1, 0.15) is 57.6 Å². The van der Waals surface area contributed by atoms with E-state index < -0.39 is 0 Å². The Balaban J connectivity index is 1.91. The number of fused-ring (bicyclic) bond motifs is 3. The van der Waals surface area contributed by atoms with Crippen molar-refractivity contribution in [1.82, 2.24) is 9.80 Å². The monoisotopic (exact) mass is 358 g/mol. The number of hydrogen-bond donors (Lipinski definition) is 0. The Bertz CT molecular complexity index is 646. The summed E-state index contributed by atoms with van der Waals surface area (Å²) in [6.45, 7) is 6.55. The van der Waals surface area contributed by atoms with Gasteiger partial charge in [-0.25, -0.2) is 0 Å². The maximum absolute atomic E-state index is 13.0. The van der Waals surface area contributed by atoms with E-state index in [-0.39, 0.29) is 23.8 Å². The third kappa shape index (κ3) is 3.87. The SMILES string of the molecule is CCCCCC(=O)N1CCC(=O)N(CC)C[C@H]2COc3ccccc3[C@H]21. The number of amides is 2. The smallest absolute Gasteiger partial charge is 0.224 e. The molecular formula is C21H30N2O3. The van der Waals surface area contributed by atoms with Crippen LogP contribution in [0.25, 0.3) is 0 Å². The summed E-state index contributed by atoms with van der Waals surface area (Å²) in [6.07, 6.45) is 4.04. The lowest BCUT2D eigenvalue weighted by atomic mass is 9.87. The average molecular weight is 358 g/mol. The van der Waals surface area contributed by atoms with Crippen LogP contribution in [0.4, 0.5) is 0 Å². The number of para-hydroxylation sites is 1. The largest absolute Gasteiger partial charge is 0.493 e. The zero-order valence-corrected chi connectivity index (χ0v) is 15.9. The van der Waals surface area contributed by atoms with E-state index in [0.29, 0.717) is 39.1 Å². The molecule has 2 amide bonds. The molecule has 0 aliphatic carbocycles. The van der Waals surface area contributed by atoms with Gasteiger partial charge in [-0.3, -0.25) is 9.59 Å². The van der Waals surface area contributed by atoms with E-state index >= 15 is 0 Å². The molecule has 2 atom stereocenters. The van der Waals surface area contributed by atoms with Crippen LogP contribution in [0, 0.1) is 5.92 Å². The van der Waals surface area contributed by atoms with E-state index in [1.165, 1.54) is 0 Å². The zero-order valence-electron chi connectivity index (χ0n) is 15.9. The molecule has 2 aliphatic rings. The normalized spacial score (nSPS) is 22.8. The zero-order chi connectivity index (χ0) is 18.5. The van der Waals surface area contributed by atoms with Crippen molar-refractivity contribution in [3.05, 3.63) is 29.8 Å². The Labute approximate surface area is 156 Å². The topological polar surface area (TPSA) is 49.9 Å². The van der Waals surface area contributed by atoms with E-state index in [2.05, 4.69) is 13.0 Å². The second-order valence-electron chi connectivity index (χ2n) is 7.28. The third-order valence-electron chi connectivity index (χ3n) is 5.54. The molecule has 0 aromatic heterocycles. The standard InChI is InChI=1S/C21H30N2O3/c1-3-5-6-11-20(25)23-13-12-19(24)22(4-2)14-16-15-26-18-10-8-7-9-17(18)21(16)23/h7-10,16,21H,3-6,11-15H2,1-2H3/t16-,21-/m0/s1. The first-order chi connectivity index (χ1) is 12.7. The minimum absolute atomic E-state index is 0.00349. The van der Waals surface area contributed by atoms with Crippen LogP contribution in [-0.4, -0.2) is 47.9 Å². The van der Waals surface area contributed by atoms with Crippen LogP contribution >= 0.6 is 0 Å². The fourth-order valence-corrected chi connectivity index (χ4v) is 4.13. The van der Waals surface area contributed by atoms with Gasteiger partial charge in [-0.1, -0.05) is 38.0 Å². The van der Waals surface area contributed by atoms with Gasteiger partial charge in [0.1, 0.15) is 5.75 Å².